The van der Waals surface area contributed by atoms with Gasteiger partial charge >= 0.3 is 0 Å². The van der Waals surface area contributed by atoms with Crippen LogP contribution in [-0.2, 0) is 12.2 Å². The number of aryl methyl sites for hydroxylation is 4. The molecule has 8 nitrogen and oxygen atoms in total. The van der Waals surface area contributed by atoms with Crippen LogP contribution in [0.1, 0.15) is 47.8 Å². The van der Waals surface area contributed by atoms with Crippen molar-refractivity contribution >= 4 is 15.9 Å². The Morgan fingerprint density at radius 1 is 1.00 bits per heavy atom. The molecule has 37 heavy (non-hydrogen) atoms. The van der Waals surface area contributed by atoms with Crippen LogP contribution in [-0.4, -0.2) is 29.6 Å². The zero-order valence-corrected chi connectivity index (χ0v) is 23.0. The van der Waals surface area contributed by atoms with E-state index in [-0.39, 0.29) is 22.5 Å². The second-order valence-corrected chi connectivity index (χ2v) is 10.2. The van der Waals surface area contributed by atoms with E-state index >= 15 is 0 Å². The third kappa shape index (κ3) is 5.45. The Balaban J connectivity index is 1.75. The fraction of sp³-hybridized carbons (Fsp3) is 0.296. The first-order chi connectivity index (χ1) is 17.4. The van der Waals surface area contributed by atoms with Gasteiger partial charge in [0.25, 0.3) is 5.56 Å². The number of nitrogens with zero attached hydrogens (tertiary/aromatic N) is 5. The zero-order chi connectivity index (χ0) is 27.1. The molecule has 0 saturated heterocycles. The number of aliphatic hydroxyl groups is 1. The van der Waals surface area contributed by atoms with Gasteiger partial charge in [-0.05, 0) is 86.3 Å². The fourth-order valence-electron chi connectivity index (χ4n) is 3.83. The number of ether oxygens (including phenoxy) is 1. The SMILES string of the molecule is Cc1cnc(-c2nc(C(C)(C)O)ncc2C)cc1-n1c(C)cc(OCc2ncc(F)cc2C)c(Br)c1=O. The average Bonchev–Trinajstić information content (AvgIpc) is 2.82. The fourth-order valence-corrected chi connectivity index (χ4v) is 4.24. The Morgan fingerprint density at radius 3 is 2.38 bits per heavy atom. The Labute approximate surface area is 222 Å². The molecule has 4 aromatic heterocycles. The van der Waals surface area contributed by atoms with Crippen LogP contribution >= 0.6 is 15.9 Å². The highest BCUT2D eigenvalue weighted by Crippen LogP contribution is 2.29. The maximum atomic E-state index is 13.5. The van der Waals surface area contributed by atoms with E-state index in [1.165, 1.54) is 6.07 Å². The van der Waals surface area contributed by atoms with E-state index in [1.807, 2.05) is 20.8 Å². The van der Waals surface area contributed by atoms with Gasteiger partial charge in [-0.15, -0.1) is 0 Å². The largest absolute Gasteiger partial charge is 0.486 e. The lowest BCUT2D eigenvalue weighted by Crippen LogP contribution is -2.23. The molecule has 0 aliphatic heterocycles. The van der Waals surface area contributed by atoms with Gasteiger partial charge < -0.3 is 9.84 Å². The maximum absolute atomic E-state index is 13.5. The Bertz CT molecular complexity index is 1560. The van der Waals surface area contributed by atoms with Crippen LogP contribution in [0.4, 0.5) is 4.39 Å². The van der Waals surface area contributed by atoms with E-state index in [0.717, 1.165) is 17.3 Å². The summed E-state index contributed by atoms with van der Waals surface area (Å²) in [4.78, 5) is 30.9. The van der Waals surface area contributed by atoms with Crippen LogP contribution in [0.5, 0.6) is 5.75 Å². The van der Waals surface area contributed by atoms with E-state index in [9.17, 15) is 14.3 Å². The van der Waals surface area contributed by atoms with Crippen molar-refractivity contribution in [1.29, 1.82) is 0 Å². The van der Waals surface area contributed by atoms with E-state index in [1.54, 1.807) is 49.9 Å². The van der Waals surface area contributed by atoms with E-state index in [4.69, 9.17) is 4.74 Å². The average molecular weight is 568 g/mol. The van der Waals surface area contributed by atoms with Crippen molar-refractivity contribution in [3.05, 3.63) is 91.3 Å². The molecule has 0 spiro atoms. The summed E-state index contributed by atoms with van der Waals surface area (Å²) in [5.74, 6) is 0.222. The first-order valence-corrected chi connectivity index (χ1v) is 12.4. The number of halogens is 2. The van der Waals surface area contributed by atoms with Crippen LogP contribution in [0.15, 0.2) is 46.1 Å². The van der Waals surface area contributed by atoms with Crippen LogP contribution < -0.4 is 10.3 Å². The number of aromatic nitrogens is 5. The van der Waals surface area contributed by atoms with Crippen LogP contribution in [0, 0.1) is 33.5 Å². The summed E-state index contributed by atoms with van der Waals surface area (Å²) in [5, 5.41) is 10.4. The second kappa shape index (κ2) is 10.1. The normalized spacial score (nSPS) is 11.6. The lowest BCUT2D eigenvalue weighted by molar-refractivity contribution is 0.0688. The maximum Gasteiger partial charge on any atom is 0.273 e. The molecule has 0 aliphatic rings. The number of rotatable bonds is 6. The molecule has 0 bridgehead atoms. The van der Waals surface area contributed by atoms with Gasteiger partial charge in [0.05, 0.1) is 29.0 Å². The topological polar surface area (TPSA) is 103 Å². The summed E-state index contributed by atoms with van der Waals surface area (Å²) in [7, 11) is 0. The highest BCUT2D eigenvalue weighted by Gasteiger charge is 2.22. The summed E-state index contributed by atoms with van der Waals surface area (Å²) in [6.07, 6.45) is 4.47. The number of hydrogen-bond donors (Lipinski definition) is 1. The molecule has 0 aromatic carbocycles. The first kappa shape index (κ1) is 26.6. The molecule has 10 heteroatoms. The lowest BCUT2D eigenvalue weighted by Gasteiger charge is -2.18. The van der Waals surface area contributed by atoms with Crippen LogP contribution in [0.2, 0.25) is 0 Å². The smallest absolute Gasteiger partial charge is 0.273 e. The van der Waals surface area contributed by atoms with Crippen molar-refractivity contribution in [2.75, 3.05) is 0 Å². The first-order valence-electron chi connectivity index (χ1n) is 11.6. The van der Waals surface area contributed by atoms with Crippen molar-refractivity contribution in [2.24, 2.45) is 0 Å². The molecule has 0 fully saturated rings. The molecular formula is C27H27BrFN5O3. The Morgan fingerprint density at radius 2 is 1.70 bits per heavy atom. The molecule has 4 rings (SSSR count). The van der Waals surface area contributed by atoms with Crippen LogP contribution in [0.25, 0.3) is 17.1 Å². The van der Waals surface area contributed by atoms with Crippen molar-refractivity contribution in [2.45, 2.75) is 53.8 Å². The van der Waals surface area contributed by atoms with Gasteiger partial charge in [0.15, 0.2) is 5.82 Å². The Kier molecular flexibility index (Phi) is 7.25. The predicted molar refractivity (Wildman–Crippen MR) is 141 cm³/mol. The minimum atomic E-state index is -1.22. The van der Waals surface area contributed by atoms with E-state index < -0.39 is 11.4 Å². The summed E-state index contributed by atoms with van der Waals surface area (Å²) >= 11 is 3.39. The monoisotopic (exact) mass is 567 g/mol. The summed E-state index contributed by atoms with van der Waals surface area (Å²) in [6, 6.07) is 4.94. The lowest BCUT2D eigenvalue weighted by atomic mass is 10.1. The molecule has 4 aromatic rings. The molecule has 0 radical (unpaired) electrons. The zero-order valence-electron chi connectivity index (χ0n) is 21.4. The molecule has 192 valence electrons. The van der Waals surface area contributed by atoms with Crippen molar-refractivity contribution in [3.8, 4) is 22.8 Å². The molecule has 0 amide bonds. The summed E-state index contributed by atoms with van der Waals surface area (Å²) < 4.78 is 21.1. The van der Waals surface area contributed by atoms with Crippen LogP contribution in [0.3, 0.4) is 0 Å². The minimum absolute atomic E-state index is 0.0859. The molecule has 0 saturated carbocycles. The van der Waals surface area contributed by atoms with Gasteiger partial charge in [-0.3, -0.25) is 19.3 Å². The summed E-state index contributed by atoms with van der Waals surface area (Å²) in [5.41, 5.74) is 3.69. The Hall–Kier alpha value is -3.50. The van der Waals surface area contributed by atoms with E-state index in [0.29, 0.717) is 39.8 Å². The van der Waals surface area contributed by atoms with Crippen molar-refractivity contribution in [3.63, 3.8) is 0 Å². The molecule has 0 unspecified atom stereocenters. The van der Waals surface area contributed by atoms with Gasteiger partial charge in [-0.2, -0.15) is 0 Å². The molecule has 0 aliphatic carbocycles. The molecule has 0 atom stereocenters. The van der Waals surface area contributed by atoms with Crippen molar-refractivity contribution < 1.29 is 14.2 Å². The second-order valence-electron chi connectivity index (χ2n) is 9.45. The quantitative estimate of drug-likeness (QED) is 0.348. The molecule has 4 heterocycles. The third-order valence-electron chi connectivity index (χ3n) is 5.89. The van der Waals surface area contributed by atoms with Gasteiger partial charge in [-0.25, -0.2) is 14.4 Å². The number of pyridine rings is 3. The highest BCUT2D eigenvalue weighted by molar-refractivity contribution is 9.10. The third-order valence-corrected chi connectivity index (χ3v) is 6.62. The minimum Gasteiger partial charge on any atom is -0.486 e. The predicted octanol–water partition coefficient (Wildman–Crippen LogP) is 5.03. The highest BCUT2D eigenvalue weighted by atomic mass is 79.9. The standard InChI is InChI=1S/C27H27BrFN5O3/c1-14-7-18(29)12-31-20(14)13-37-22-8-17(4)34(25(35)23(22)28)21-9-19(30-10-15(21)2)24-16(3)11-32-26(33-24)27(5,6)36/h7-12,36H,13H2,1-6H3. The molecular weight excluding hydrogens is 541 g/mol. The van der Waals surface area contributed by atoms with Gasteiger partial charge in [0, 0.05) is 24.2 Å². The number of hydrogen-bond acceptors (Lipinski definition) is 7. The molecule has 1 N–H and O–H groups in total. The van der Waals surface area contributed by atoms with Gasteiger partial charge in [0.1, 0.15) is 28.2 Å². The van der Waals surface area contributed by atoms with Gasteiger partial charge in [0.2, 0.25) is 0 Å². The van der Waals surface area contributed by atoms with E-state index in [2.05, 4.69) is 35.9 Å². The summed E-state index contributed by atoms with van der Waals surface area (Å²) in [6.45, 7) is 10.6. The van der Waals surface area contributed by atoms with Gasteiger partial charge in [-0.1, -0.05) is 0 Å². The van der Waals surface area contributed by atoms with Crippen molar-refractivity contribution in [1.82, 2.24) is 24.5 Å².